The number of sulfonamides is 1. The summed E-state index contributed by atoms with van der Waals surface area (Å²) in [7, 11) is -3.46. The molecule has 6 heteroatoms. The van der Waals surface area contributed by atoms with Crippen molar-refractivity contribution in [1.82, 2.24) is 4.72 Å². The summed E-state index contributed by atoms with van der Waals surface area (Å²) in [6.45, 7) is 3.92. The summed E-state index contributed by atoms with van der Waals surface area (Å²) in [6.07, 6.45) is 2.87. The molecule has 0 aliphatic carbocycles. The molecule has 0 radical (unpaired) electrons. The van der Waals surface area contributed by atoms with Crippen LogP contribution < -0.4 is 4.72 Å². The van der Waals surface area contributed by atoms with E-state index in [-0.39, 0.29) is 10.3 Å². The van der Waals surface area contributed by atoms with E-state index in [9.17, 15) is 8.42 Å². The molecule has 0 bridgehead atoms. The van der Waals surface area contributed by atoms with Crippen LogP contribution in [0.15, 0.2) is 16.3 Å². The smallest absolute Gasteiger partial charge is 0.208 e. The topological polar surface area (TPSA) is 70.0 Å². The highest BCUT2D eigenvalue weighted by Crippen LogP contribution is 2.21. The van der Waals surface area contributed by atoms with E-state index in [0.29, 0.717) is 4.88 Å². The molecule has 0 spiro atoms. The van der Waals surface area contributed by atoms with E-state index in [2.05, 4.69) is 11.6 Å². The van der Waals surface area contributed by atoms with Crippen LogP contribution in [-0.4, -0.2) is 14.5 Å². The Kier molecular flexibility index (Phi) is 5.12. The van der Waals surface area contributed by atoms with Crippen LogP contribution in [-0.2, 0) is 10.0 Å². The molecule has 1 heterocycles. The van der Waals surface area contributed by atoms with Crippen molar-refractivity contribution in [2.24, 2.45) is 0 Å². The minimum absolute atomic E-state index is 0.0763. The van der Waals surface area contributed by atoms with E-state index < -0.39 is 10.0 Å². The van der Waals surface area contributed by atoms with Crippen LogP contribution in [0.2, 0.25) is 0 Å². The van der Waals surface area contributed by atoms with Crippen molar-refractivity contribution >= 4 is 21.4 Å². The van der Waals surface area contributed by atoms with E-state index in [4.69, 9.17) is 5.26 Å². The molecule has 1 unspecified atom stereocenters. The van der Waals surface area contributed by atoms with Crippen molar-refractivity contribution in [3.05, 3.63) is 17.0 Å². The summed E-state index contributed by atoms with van der Waals surface area (Å²) < 4.78 is 26.7. The minimum Gasteiger partial charge on any atom is -0.208 e. The number of unbranched alkanes of at least 4 members (excludes halogenated alkanes) is 1. The number of rotatable bonds is 6. The van der Waals surface area contributed by atoms with Gasteiger partial charge >= 0.3 is 0 Å². The summed E-state index contributed by atoms with van der Waals surface area (Å²) in [5.74, 6) is 0. The molecule has 17 heavy (non-hydrogen) atoms. The average Bonchev–Trinajstić information content (AvgIpc) is 2.75. The zero-order valence-electron chi connectivity index (χ0n) is 9.93. The maximum atomic E-state index is 11.9. The standard InChI is InChI=1S/C11H16N2O2S2/c1-3-4-5-9(2)13-17(14,15)11-7-6-10(8-12)16-11/h6-7,9,13H,3-5H2,1-2H3. The quantitative estimate of drug-likeness (QED) is 0.865. The van der Waals surface area contributed by atoms with Crippen molar-refractivity contribution in [1.29, 1.82) is 5.26 Å². The molecule has 94 valence electrons. The molecule has 0 saturated carbocycles. The second-order valence-electron chi connectivity index (χ2n) is 3.90. The van der Waals surface area contributed by atoms with Crippen LogP contribution in [0.3, 0.4) is 0 Å². The summed E-state index contributed by atoms with van der Waals surface area (Å²) in [5.41, 5.74) is 0. The van der Waals surface area contributed by atoms with Crippen molar-refractivity contribution in [2.45, 2.75) is 43.4 Å². The average molecular weight is 272 g/mol. The Labute approximate surface area is 106 Å². The number of hydrogen-bond acceptors (Lipinski definition) is 4. The van der Waals surface area contributed by atoms with Gasteiger partial charge in [0.15, 0.2) is 0 Å². The number of nitriles is 1. The zero-order chi connectivity index (χ0) is 12.9. The Balaban J connectivity index is 2.72. The molecular weight excluding hydrogens is 256 g/mol. The first-order chi connectivity index (χ1) is 7.99. The molecule has 0 aliphatic heterocycles. The second-order valence-corrected chi connectivity index (χ2v) is 6.92. The fraction of sp³-hybridized carbons (Fsp3) is 0.545. The Morgan fingerprint density at radius 3 is 2.76 bits per heavy atom. The minimum atomic E-state index is -3.46. The molecule has 1 aromatic heterocycles. The highest BCUT2D eigenvalue weighted by atomic mass is 32.2. The number of hydrogen-bond donors (Lipinski definition) is 1. The van der Waals surface area contributed by atoms with Gasteiger partial charge in [0.25, 0.3) is 0 Å². The van der Waals surface area contributed by atoms with Gasteiger partial charge in [-0.05, 0) is 25.5 Å². The molecule has 1 rings (SSSR count). The van der Waals surface area contributed by atoms with Gasteiger partial charge in [0.2, 0.25) is 10.0 Å². The number of nitrogens with one attached hydrogen (secondary N) is 1. The van der Waals surface area contributed by atoms with Gasteiger partial charge in [0.05, 0.1) is 0 Å². The first-order valence-electron chi connectivity index (χ1n) is 5.52. The Bertz CT molecular complexity index is 500. The summed E-state index contributed by atoms with van der Waals surface area (Å²) in [6, 6.07) is 4.85. The van der Waals surface area contributed by atoms with E-state index in [0.717, 1.165) is 30.6 Å². The predicted molar refractivity (Wildman–Crippen MR) is 68.3 cm³/mol. The summed E-state index contributed by atoms with van der Waals surface area (Å²) in [5, 5.41) is 8.66. The SMILES string of the molecule is CCCCC(C)NS(=O)(=O)c1ccc(C#N)s1. The van der Waals surface area contributed by atoms with Gasteiger partial charge in [-0.15, -0.1) is 11.3 Å². The Morgan fingerprint density at radius 2 is 2.24 bits per heavy atom. The molecule has 0 aromatic carbocycles. The van der Waals surface area contributed by atoms with Gasteiger partial charge < -0.3 is 0 Å². The fourth-order valence-corrected chi connectivity index (χ4v) is 3.81. The molecule has 1 N–H and O–H groups in total. The number of nitrogens with zero attached hydrogens (tertiary/aromatic N) is 1. The molecule has 1 atom stereocenters. The van der Waals surface area contributed by atoms with Crippen LogP contribution in [0.5, 0.6) is 0 Å². The molecule has 0 amide bonds. The van der Waals surface area contributed by atoms with Gasteiger partial charge in [-0.25, -0.2) is 13.1 Å². The van der Waals surface area contributed by atoms with Crippen molar-refractivity contribution in [2.75, 3.05) is 0 Å². The van der Waals surface area contributed by atoms with Crippen molar-refractivity contribution in [3.63, 3.8) is 0 Å². The maximum absolute atomic E-state index is 11.9. The molecule has 0 aliphatic rings. The third kappa shape index (κ3) is 4.11. The van der Waals surface area contributed by atoms with Crippen LogP contribution in [0.25, 0.3) is 0 Å². The van der Waals surface area contributed by atoms with Gasteiger partial charge in [0, 0.05) is 6.04 Å². The van der Waals surface area contributed by atoms with Crippen LogP contribution in [0.4, 0.5) is 0 Å². The lowest BCUT2D eigenvalue weighted by atomic mass is 10.2. The highest BCUT2D eigenvalue weighted by Gasteiger charge is 2.19. The van der Waals surface area contributed by atoms with Crippen LogP contribution >= 0.6 is 11.3 Å². The molecule has 0 saturated heterocycles. The van der Waals surface area contributed by atoms with Crippen LogP contribution in [0, 0.1) is 11.3 Å². The Hall–Kier alpha value is -0.900. The van der Waals surface area contributed by atoms with Gasteiger partial charge in [-0.1, -0.05) is 19.8 Å². The number of thiophene rings is 1. The fourth-order valence-electron chi connectivity index (χ4n) is 1.42. The summed E-state index contributed by atoms with van der Waals surface area (Å²) >= 11 is 0.994. The molecule has 1 aromatic rings. The third-order valence-corrected chi connectivity index (χ3v) is 5.37. The van der Waals surface area contributed by atoms with Gasteiger partial charge in [0.1, 0.15) is 15.2 Å². The van der Waals surface area contributed by atoms with E-state index >= 15 is 0 Å². The van der Waals surface area contributed by atoms with Crippen molar-refractivity contribution < 1.29 is 8.42 Å². The molecule has 4 nitrogen and oxygen atoms in total. The first kappa shape index (κ1) is 14.2. The predicted octanol–water partition coefficient (Wildman–Crippen LogP) is 2.48. The monoisotopic (exact) mass is 272 g/mol. The van der Waals surface area contributed by atoms with Gasteiger partial charge in [-0.3, -0.25) is 0 Å². The maximum Gasteiger partial charge on any atom is 0.250 e. The molecule has 0 fully saturated rings. The normalized spacial score (nSPS) is 13.2. The summed E-state index contributed by atoms with van der Waals surface area (Å²) in [4.78, 5) is 0.409. The van der Waals surface area contributed by atoms with Crippen molar-refractivity contribution in [3.8, 4) is 6.07 Å². The van der Waals surface area contributed by atoms with Gasteiger partial charge in [-0.2, -0.15) is 5.26 Å². The lowest BCUT2D eigenvalue weighted by Crippen LogP contribution is -2.32. The lowest BCUT2D eigenvalue weighted by molar-refractivity contribution is 0.535. The van der Waals surface area contributed by atoms with E-state index in [1.165, 1.54) is 12.1 Å². The van der Waals surface area contributed by atoms with E-state index in [1.54, 1.807) is 0 Å². The molecular formula is C11H16N2O2S2. The largest absolute Gasteiger partial charge is 0.250 e. The Morgan fingerprint density at radius 1 is 1.53 bits per heavy atom. The highest BCUT2D eigenvalue weighted by molar-refractivity contribution is 7.91. The lowest BCUT2D eigenvalue weighted by Gasteiger charge is -2.12. The second kappa shape index (κ2) is 6.15. The first-order valence-corrected chi connectivity index (χ1v) is 7.82. The van der Waals surface area contributed by atoms with E-state index in [1.807, 2.05) is 13.0 Å². The third-order valence-electron chi connectivity index (χ3n) is 2.30. The zero-order valence-corrected chi connectivity index (χ0v) is 11.6. The van der Waals surface area contributed by atoms with Crippen LogP contribution in [0.1, 0.15) is 38.0 Å².